The van der Waals surface area contributed by atoms with Gasteiger partial charge in [-0.05, 0) is 18.6 Å². The van der Waals surface area contributed by atoms with Crippen LogP contribution in [-0.2, 0) is 0 Å². The van der Waals surface area contributed by atoms with Gasteiger partial charge in [-0.2, -0.15) is 0 Å². The third-order valence-corrected chi connectivity index (χ3v) is 2.65. The van der Waals surface area contributed by atoms with Gasteiger partial charge in [0, 0.05) is 22.7 Å². The predicted molar refractivity (Wildman–Crippen MR) is 62.8 cm³/mol. The minimum Gasteiger partial charge on any atom is -0.257 e. The molecule has 0 spiro atoms. The van der Waals surface area contributed by atoms with Crippen LogP contribution in [0.15, 0.2) is 18.2 Å². The van der Waals surface area contributed by atoms with Crippen LogP contribution in [0.25, 0.3) is 0 Å². The molecular formula is C10H13Cl2N2+. The van der Waals surface area contributed by atoms with E-state index < -0.39 is 0 Å². The number of nitrogens with one attached hydrogen (secondary N) is 1. The van der Waals surface area contributed by atoms with Crippen LogP contribution < -0.4 is 5.32 Å². The number of anilines is 1. The molecule has 0 radical (unpaired) electrons. The molecule has 0 fully saturated rings. The third kappa shape index (κ3) is 2.89. The number of amidine groups is 1. The van der Waals surface area contributed by atoms with Crippen LogP contribution in [0.4, 0.5) is 5.69 Å². The summed E-state index contributed by atoms with van der Waals surface area (Å²) < 4.78 is 1.79. The minimum absolute atomic E-state index is 0.560. The molecule has 0 atom stereocenters. The van der Waals surface area contributed by atoms with Crippen LogP contribution in [0.5, 0.6) is 0 Å². The van der Waals surface area contributed by atoms with Gasteiger partial charge >= 0.3 is 5.29 Å². The molecule has 0 unspecified atom stereocenters. The van der Waals surface area contributed by atoms with Gasteiger partial charge in [-0.3, -0.25) is 4.58 Å². The quantitative estimate of drug-likeness (QED) is 0.340. The van der Waals surface area contributed by atoms with Gasteiger partial charge < -0.3 is 0 Å². The van der Waals surface area contributed by atoms with Gasteiger partial charge in [-0.15, -0.1) is 0 Å². The molecule has 0 bridgehead atoms. The second-order valence-corrected chi connectivity index (χ2v) is 4.04. The average molecular weight is 232 g/mol. The van der Waals surface area contributed by atoms with Crippen molar-refractivity contribution < 1.29 is 4.58 Å². The molecule has 0 aliphatic carbocycles. The minimum atomic E-state index is 0.560. The van der Waals surface area contributed by atoms with E-state index in [-0.39, 0.29) is 0 Å². The van der Waals surface area contributed by atoms with Crippen molar-refractivity contribution in [1.82, 2.24) is 0 Å². The van der Waals surface area contributed by atoms with E-state index in [4.69, 9.17) is 23.2 Å². The smallest absolute Gasteiger partial charge is 0.257 e. The number of hydrogen-bond donors (Lipinski definition) is 1. The maximum atomic E-state index is 5.97. The normalized spacial score (nSPS) is 9.79. The highest BCUT2D eigenvalue weighted by molar-refractivity contribution is 6.66. The fraction of sp³-hybridized carbons (Fsp3) is 0.300. The Bertz CT molecular complexity index is 368. The molecule has 2 nitrogen and oxygen atoms in total. The summed E-state index contributed by atoms with van der Waals surface area (Å²) in [5.74, 6) is 0. The van der Waals surface area contributed by atoms with Gasteiger partial charge in [0.05, 0.1) is 14.1 Å². The lowest BCUT2D eigenvalue weighted by molar-refractivity contribution is -0.461. The summed E-state index contributed by atoms with van der Waals surface area (Å²) in [6.45, 7) is 1.96. The van der Waals surface area contributed by atoms with E-state index in [2.05, 4.69) is 5.32 Å². The zero-order valence-electron chi connectivity index (χ0n) is 8.44. The van der Waals surface area contributed by atoms with E-state index in [9.17, 15) is 0 Å². The highest BCUT2D eigenvalue weighted by Crippen LogP contribution is 2.20. The first-order valence-electron chi connectivity index (χ1n) is 4.23. The van der Waals surface area contributed by atoms with Crippen molar-refractivity contribution in [3.8, 4) is 0 Å². The van der Waals surface area contributed by atoms with E-state index in [0.717, 1.165) is 16.3 Å². The molecule has 1 aromatic carbocycles. The Morgan fingerprint density at radius 3 is 2.50 bits per heavy atom. The number of hydrogen-bond acceptors (Lipinski definition) is 0. The Kier molecular flexibility index (Phi) is 3.78. The summed E-state index contributed by atoms with van der Waals surface area (Å²) in [7, 11) is 3.73. The molecule has 76 valence electrons. The van der Waals surface area contributed by atoms with Gasteiger partial charge in [0.25, 0.3) is 0 Å². The molecule has 4 heteroatoms. The van der Waals surface area contributed by atoms with Crippen molar-refractivity contribution in [2.24, 2.45) is 0 Å². The first-order chi connectivity index (χ1) is 6.50. The largest absolute Gasteiger partial charge is 0.347 e. The molecule has 0 aromatic heterocycles. The molecule has 0 heterocycles. The van der Waals surface area contributed by atoms with Crippen LogP contribution in [0.1, 0.15) is 5.56 Å². The van der Waals surface area contributed by atoms with Gasteiger partial charge in [0.1, 0.15) is 5.69 Å². The Morgan fingerprint density at radius 1 is 1.36 bits per heavy atom. The van der Waals surface area contributed by atoms with Crippen molar-refractivity contribution in [2.45, 2.75) is 6.92 Å². The Labute approximate surface area is 94.2 Å². The second kappa shape index (κ2) is 4.67. The summed E-state index contributed by atoms with van der Waals surface area (Å²) in [6, 6.07) is 5.74. The third-order valence-electron chi connectivity index (χ3n) is 1.81. The van der Waals surface area contributed by atoms with E-state index in [1.165, 1.54) is 0 Å². The molecule has 0 aliphatic heterocycles. The SMILES string of the molecule is Cc1ccc(NC(Cl)=[N+](C)C)cc1Cl. The summed E-state index contributed by atoms with van der Waals surface area (Å²) in [4.78, 5) is 0. The van der Waals surface area contributed by atoms with Crippen LogP contribution in [0, 0.1) is 6.92 Å². The second-order valence-electron chi connectivity index (χ2n) is 3.27. The van der Waals surface area contributed by atoms with Crippen LogP contribution >= 0.6 is 23.2 Å². The maximum Gasteiger partial charge on any atom is 0.347 e. The van der Waals surface area contributed by atoms with Gasteiger partial charge in [-0.25, -0.2) is 5.32 Å². The monoisotopic (exact) mass is 231 g/mol. The first kappa shape index (κ1) is 11.3. The molecule has 0 amide bonds. The first-order valence-corrected chi connectivity index (χ1v) is 4.99. The fourth-order valence-corrected chi connectivity index (χ4v) is 1.19. The summed E-state index contributed by atoms with van der Waals surface area (Å²) in [5, 5.41) is 4.33. The van der Waals surface area contributed by atoms with E-state index in [1.54, 1.807) is 4.58 Å². The van der Waals surface area contributed by atoms with Crippen molar-refractivity contribution in [3.05, 3.63) is 28.8 Å². The van der Waals surface area contributed by atoms with Crippen molar-refractivity contribution in [1.29, 1.82) is 0 Å². The van der Waals surface area contributed by atoms with Crippen molar-refractivity contribution in [3.63, 3.8) is 0 Å². The zero-order valence-corrected chi connectivity index (χ0v) is 9.95. The molecule has 14 heavy (non-hydrogen) atoms. The lowest BCUT2D eigenvalue weighted by Crippen LogP contribution is -2.16. The van der Waals surface area contributed by atoms with Gasteiger partial charge in [-0.1, -0.05) is 17.7 Å². The Morgan fingerprint density at radius 2 is 2.00 bits per heavy atom. The predicted octanol–water partition coefficient (Wildman–Crippen LogP) is 2.93. The van der Waals surface area contributed by atoms with Crippen LogP contribution in [0.2, 0.25) is 5.02 Å². The maximum absolute atomic E-state index is 5.97. The zero-order chi connectivity index (χ0) is 10.7. The summed E-state index contributed by atoms with van der Waals surface area (Å²) in [6.07, 6.45) is 0. The molecule has 1 N–H and O–H groups in total. The number of halogens is 2. The van der Waals surface area contributed by atoms with Crippen LogP contribution in [0.3, 0.4) is 0 Å². The highest BCUT2D eigenvalue weighted by Gasteiger charge is 2.06. The highest BCUT2D eigenvalue weighted by atomic mass is 35.5. The lowest BCUT2D eigenvalue weighted by atomic mass is 10.2. The van der Waals surface area contributed by atoms with E-state index >= 15 is 0 Å². The molecular weight excluding hydrogens is 219 g/mol. The van der Waals surface area contributed by atoms with Crippen molar-refractivity contribution in [2.75, 3.05) is 19.4 Å². The molecule has 0 saturated carbocycles. The molecule has 0 aliphatic rings. The topological polar surface area (TPSA) is 15.0 Å². The number of rotatable bonds is 1. The Hall–Kier alpha value is -0.730. The average Bonchev–Trinajstić information content (AvgIpc) is 2.11. The van der Waals surface area contributed by atoms with Gasteiger partial charge in [0.15, 0.2) is 0 Å². The number of aryl methyl sites for hydroxylation is 1. The summed E-state index contributed by atoms with van der Waals surface area (Å²) >= 11 is 11.9. The van der Waals surface area contributed by atoms with Crippen LogP contribution in [-0.4, -0.2) is 24.0 Å². The van der Waals surface area contributed by atoms with E-state index in [1.807, 2.05) is 39.2 Å². The summed E-state index contributed by atoms with van der Waals surface area (Å²) in [5.41, 5.74) is 1.94. The molecule has 0 saturated heterocycles. The van der Waals surface area contributed by atoms with Gasteiger partial charge in [0.2, 0.25) is 0 Å². The van der Waals surface area contributed by atoms with Crippen molar-refractivity contribution >= 4 is 34.2 Å². The van der Waals surface area contributed by atoms with E-state index in [0.29, 0.717) is 5.29 Å². The Balaban J connectivity index is 2.89. The molecule has 1 rings (SSSR count). The lowest BCUT2D eigenvalue weighted by Gasteiger charge is -2.01. The number of benzene rings is 1. The number of nitrogens with zero attached hydrogens (tertiary/aromatic N) is 1. The standard InChI is InChI=1S/C10H12Cl2N2/c1-7-4-5-8(6-9(7)11)13-10(12)14(2)3/h4-6H,1-3H3/p+1. The fourth-order valence-electron chi connectivity index (χ4n) is 0.902. The molecule has 1 aromatic rings.